The van der Waals surface area contributed by atoms with Crippen molar-refractivity contribution < 1.29 is 14.7 Å². The van der Waals surface area contributed by atoms with Crippen LogP contribution >= 0.6 is 0 Å². The zero-order valence-corrected chi connectivity index (χ0v) is 18.0. The third-order valence-electron chi connectivity index (χ3n) is 5.77. The van der Waals surface area contributed by atoms with E-state index in [-0.39, 0.29) is 28.5 Å². The maximum absolute atomic E-state index is 13.6. The third-order valence-corrected chi connectivity index (χ3v) is 5.77. The monoisotopic (exact) mass is 434 g/mol. The van der Waals surface area contributed by atoms with Crippen molar-refractivity contribution in [3.63, 3.8) is 0 Å². The first-order valence-electron chi connectivity index (χ1n) is 10.7. The van der Waals surface area contributed by atoms with Gasteiger partial charge in [-0.2, -0.15) is 0 Å². The fourth-order valence-corrected chi connectivity index (χ4v) is 4.33. The molecule has 0 radical (unpaired) electrons. The summed E-state index contributed by atoms with van der Waals surface area (Å²) in [4.78, 5) is 27.1. The molecule has 0 fully saturated rings. The molecular formula is C28H22N2O3. The highest BCUT2D eigenvalue weighted by molar-refractivity contribution is 6.30. The summed E-state index contributed by atoms with van der Waals surface area (Å²) in [5.74, 6) is -0.914. The number of allylic oxidation sites excluding steroid dienone is 2. The minimum Gasteiger partial charge on any atom is -0.507 e. The van der Waals surface area contributed by atoms with Crippen LogP contribution in [0.4, 0.5) is 11.4 Å². The molecule has 5 rings (SSSR count). The van der Waals surface area contributed by atoms with Gasteiger partial charge in [-0.05, 0) is 43.3 Å². The third kappa shape index (κ3) is 3.74. The summed E-state index contributed by atoms with van der Waals surface area (Å²) >= 11 is 0. The Hall–Kier alpha value is -4.38. The number of carbonyl (C=O) groups excluding carboxylic acids is 2. The quantitative estimate of drug-likeness (QED) is 0.492. The second-order valence-corrected chi connectivity index (χ2v) is 8.31. The molecule has 0 saturated carbocycles. The molecule has 0 bridgehead atoms. The fraction of sp³-hybridized carbons (Fsp3) is 0.0714. The molecule has 5 heteroatoms. The SMILES string of the molecule is CC1(Nc2ccccc2)C=C(O)C2=C(C(=O)c3ccccc3C2=O)C(Nc2ccccc2)=C1. The van der Waals surface area contributed by atoms with Gasteiger partial charge in [-0.3, -0.25) is 9.59 Å². The van der Waals surface area contributed by atoms with Crippen LogP contribution in [0.15, 0.2) is 120 Å². The van der Waals surface area contributed by atoms with E-state index in [0.717, 1.165) is 11.4 Å². The van der Waals surface area contributed by atoms with E-state index in [1.165, 1.54) is 0 Å². The summed E-state index contributed by atoms with van der Waals surface area (Å²) in [6, 6.07) is 25.7. The molecule has 0 aliphatic heterocycles. The maximum Gasteiger partial charge on any atom is 0.198 e. The molecule has 162 valence electrons. The molecule has 1 unspecified atom stereocenters. The molecule has 2 aliphatic rings. The van der Waals surface area contributed by atoms with Crippen molar-refractivity contribution in [2.24, 2.45) is 0 Å². The van der Waals surface area contributed by atoms with Gasteiger partial charge in [-0.15, -0.1) is 0 Å². The summed E-state index contributed by atoms with van der Waals surface area (Å²) in [7, 11) is 0. The number of aliphatic hydroxyl groups is 1. The normalized spacial score (nSPS) is 19.7. The van der Waals surface area contributed by atoms with Gasteiger partial charge in [0.15, 0.2) is 11.6 Å². The van der Waals surface area contributed by atoms with E-state index < -0.39 is 5.54 Å². The summed E-state index contributed by atoms with van der Waals surface area (Å²) < 4.78 is 0. The summed E-state index contributed by atoms with van der Waals surface area (Å²) in [6.07, 6.45) is 3.42. The Balaban J connectivity index is 1.70. The number of rotatable bonds is 4. The number of anilines is 2. The van der Waals surface area contributed by atoms with E-state index in [9.17, 15) is 14.7 Å². The van der Waals surface area contributed by atoms with E-state index in [4.69, 9.17) is 0 Å². The smallest absolute Gasteiger partial charge is 0.198 e. The minimum atomic E-state index is -0.896. The Morgan fingerprint density at radius 1 is 0.667 bits per heavy atom. The number of para-hydroxylation sites is 2. The molecule has 0 spiro atoms. The lowest BCUT2D eigenvalue weighted by molar-refractivity contribution is 0.0973. The van der Waals surface area contributed by atoms with Gasteiger partial charge in [0.2, 0.25) is 0 Å². The van der Waals surface area contributed by atoms with Crippen molar-refractivity contribution >= 4 is 22.9 Å². The first-order chi connectivity index (χ1) is 16.0. The standard InChI is InChI=1S/C28H22N2O3/c1-28(30-19-12-6-3-7-13-19)16-22(29-18-10-4-2-5-11-18)24-25(23(31)17-28)27(33)21-15-9-8-14-20(21)26(24)32/h2-17,29-31H,1H3. The van der Waals surface area contributed by atoms with Crippen molar-refractivity contribution in [3.8, 4) is 0 Å². The van der Waals surface area contributed by atoms with E-state index in [1.54, 1.807) is 30.3 Å². The maximum atomic E-state index is 13.6. The molecule has 5 nitrogen and oxygen atoms in total. The lowest BCUT2D eigenvalue weighted by Gasteiger charge is -2.26. The topological polar surface area (TPSA) is 78.4 Å². The molecule has 0 saturated heterocycles. The Bertz CT molecular complexity index is 1350. The van der Waals surface area contributed by atoms with Crippen LogP contribution < -0.4 is 10.6 Å². The molecule has 3 aromatic rings. The first-order valence-corrected chi connectivity index (χ1v) is 10.7. The number of carbonyl (C=O) groups is 2. The second-order valence-electron chi connectivity index (χ2n) is 8.31. The van der Waals surface area contributed by atoms with E-state index in [0.29, 0.717) is 16.8 Å². The van der Waals surface area contributed by atoms with Gasteiger partial charge in [0, 0.05) is 28.2 Å². The molecule has 3 N–H and O–H groups in total. The van der Waals surface area contributed by atoms with Gasteiger partial charge in [-0.25, -0.2) is 0 Å². The molecule has 3 aromatic carbocycles. The van der Waals surface area contributed by atoms with Crippen LogP contribution in [-0.4, -0.2) is 22.2 Å². The number of hydrogen-bond acceptors (Lipinski definition) is 5. The number of fused-ring (bicyclic) bond motifs is 1. The lowest BCUT2D eigenvalue weighted by atomic mass is 9.82. The highest BCUT2D eigenvalue weighted by Crippen LogP contribution is 2.38. The molecule has 33 heavy (non-hydrogen) atoms. The molecule has 0 amide bonds. The molecule has 0 aromatic heterocycles. The van der Waals surface area contributed by atoms with E-state index in [2.05, 4.69) is 10.6 Å². The summed E-state index contributed by atoms with van der Waals surface area (Å²) in [5, 5.41) is 17.8. The average molecular weight is 434 g/mol. The average Bonchev–Trinajstić information content (AvgIpc) is 2.92. The predicted molar refractivity (Wildman–Crippen MR) is 129 cm³/mol. The van der Waals surface area contributed by atoms with Gasteiger partial charge >= 0.3 is 0 Å². The highest BCUT2D eigenvalue weighted by atomic mass is 16.3. The summed E-state index contributed by atoms with van der Waals surface area (Å²) in [5.41, 5.74) is 1.94. The van der Waals surface area contributed by atoms with Crippen LogP contribution in [0.2, 0.25) is 0 Å². The second kappa shape index (κ2) is 7.95. The van der Waals surface area contributed by atoms with Crippen LogP contribution in [0.25, 0.3) is 0 Å². The van der Waals surface area contributed by atoms with Crippen LogP contribution in [0, 0.1) is 0 Å². The first kappa shape index (κ1) is 20.5. The lowest BCUT2D eigenvalue weighted by Crippen LogP contribution is -2.31. The van der Waals surface area contributed by atoms with E-state index >= 15 is 0 Å². The van der Waals surface area contributed by atoms with Crippen LogP contribution in [0.1, 0.15) is 27.6 Å². The van der Waals surface area contributed by atoms with Gasteiger partial charge in [-0.1, -0.05) is 60.7 Å². The zero-order valence-electron chi connectivity index (χ0n) is 18.0. The van der Waals surface area contributed by atoms with Crippen LogP contribution in [0.3, 0.4) is 0 Å². The van der Waals surface area contributed by atoms with Crippen LogP contribution in [0.5, 0.6) is 0 Å². The Morgan fingerprint density at radius 2 is 1.18 bits per heavy atom. The Kier molecular flexibility index (Phi) is 4.94. The predicted octanol–water partition coefficient (Wildman–Crippen LogP) is 5.68. The van der Waals surface area contributed by atoms with Gasteiger partial charge in [0.1, 0.15) is 5.76 Å². The fourth-order valence-electron chi connectivity index (χ4n) is 4.33. The number of nitrogens with one attached hydrogen (secondary N) is 2. The van der Waals surface area contributed by atoms with E-state index in [1.807, 2.05) is 73.7 Å². The van der Waals surface area contributed by atoms with Crippen molar-refractivity contribution in [3.05, 3.63) is 131 Å². The van der Waals surface area contributed by atoms with Crippen LogP contribution in [-0.2, 0) is 0 Å². The van der Waals surface area contributed by atoms with Gasteiger partial charge in [0.05, 0.1) is 16.7 Å². The Morgan fingerprint density at radius 3 is 1.79 bits per heavy atom. The van der Waals surface area contributed by atoms with Crippen molar-refractivity contribution in [1.82, 2.24) is 0 Å². The molecule has 0 heterocycles. The molecule has 1 atom stereocenters. The minimum absolute atomic E-state index is 0.00645. The number of benzene rings is 3. The largest absolute Gasteiger partial charge is 0.507 e. The highest BCUT2D eigenvalue weighted by Gasteiger charge is 2.39. The number of hydrogen-bond donors (Lipinski definition) is 3. The number of ketones is 2. The van der Waals surface area contributed by atoms with Crippen molar-refractivity contribution in [2.45, 2.75) is 12.5 Å². The molecular weight excluding hydrogens is 412 g/mol. The van der Waals surface area contributed by atoms with Gasteiger partial charge < -0.3 is 15.7 Å². The molecule has 2 aliphatic carbocycles. The number of Topliss-reactive ketones (excluding diaryl/α,β-unsaturated/α-hetero) is 2. The van der Waals surface area contributed by atoms with Gasteiger partial charge in [0.25, 0.3) is 0 Å². The van der Waals surface area contributed by atoms with Crippen molar-refractivity contribution in [1.29, 1.82) is 0 Å². The number of aliphatic hydroxyl groups excluding tert-OH is 1. The Labute approximate surface area is 191 Å². The van der Waals surface area contributed by atoms with Crippen molar-refractivity contribution in [2.75, 3.05) is 10.6 Å². The zero-order chi connectivity index (χ0) is 23.0. The summed E-state index contributed by atoms with van der Waals surface area (Å²) in [6.45, 7) is 1.88.